The van der Waals surface area contributed by atoms with Crippen molar-refractivity contribution in [3.63, 3.8) is 0 Å². The number of rotatable bonds is 4. The Kier molecular flexibility index (Phi) is 4.81. The summed E-state index contributed by atoms with van der Waals surface area (Å²) in [5.41, 5.74) is 0. The maximum absolute atomic E-state index is 13.2. The maximum atomic E-state index is 13.2. The molecule has 1 aliphatic rings. The van der Waals surface area contributed by atoms with Crippen LogP contribution in [0.15, 0.2) is 24.3 Å². The minimum atomic E-state index is -0.241. The van der Waals surface area contributed by atoms with Crippen LogP contribution >= 0.6 is 0 Å². The van der Waals surface area contributed by atoms with Gasteiger partial charge in [0.05, 0.1) is 0 Å². The first-order valence-electron chi connectivity index (χ1n) is 7.25. The van der Waals surface area contributed by atoms with Crippen LogP contribution in [-0.2, 0) is 0 Å². The summed E-state index contributed by atoms with van der Waals surface area (Å²) in [5, 5.41) is 3.51. The number of benzene rings is 1. The summed E-state index contributed by atoms with van der Waals surface area (Å²) in [4.78, 5) is 0. The van der Waals surface area contributed by atoms with E-state index in [4.69, 9.17) is 4.74 Å². The number of hydrogen-bond acceptors (Lipinski definition) is 2. The van der Waals surface area contributed by atoms with Crippen LogP contribution in [0.3, 0.4) is 0 Å². The molecule has 1 N–H and O–H groups in total. The molecule has 2 rings (SSSR count). The van der Waals surface area contributed by atoms with E-state index in [-0.39, 0.29) is 11.9 Å². The average Bonchev–Trinajstić information content (AvgIpc) is 2.34. The van der Waals surface area contributed by atoms with E-state index in [0.29, 0.717) is 23.6 Å². The van der Waals surface area contributed by atoms with Crippen LogP contribution in [0.2, 0.25) is 0 Å². The molecule has 0 heterocycles. The summed E-state index contributed by atoms with van der Waals surface area (Å²) in [7, 11) is 0. The van der Waals surface area contributed by atoms with Gasteiger partial charge in [0, 0.05) is 12.1 Å². The molecule has 19 heavy (non-hydrogen) atoms. The Morgan fingerprint density at radius 1 is 1.32 bits per heavy atom. The standard InChI is InChI=1S/C16H24FNO/c1-4-18-15-9-11(2)8-12(3)16(15)19-14-7-5-6-13(17)10-14/h5-7,10-12,15-16,18H,4,8-9H2,1-3H3. The summed E-state index contributed by atoms with van der Waals surface area (Å²) in [6, 6.07) is 6.79. The second-order valence-electron chi connectivity index (χ2n) is 5.76. The Morgan fingerprint density at radius 3 is 2.79 bits per heavy atom. The predicted molar refractivity (Wildman–Crippen MR) is 75.8 cm³/mol. The summed E-state index contributed by atoms with van der Waals surface area (Å²) >= 11 is 0. The van der Waals surface area contributed by atoms with Crippen molar-refractivity contribution in [3.8, 4) is 5.75 Å². The van der Waals surface area contributed by atoms with Crippen LogP contribution in [0, 0.1) is 17.7 Å². The molecule has 1 fully saturated rings. The quantitative estimate of drug-likeness (QED) is 0.898. The zero-order chi connectivity index (χ0) is 13.8. The molecule has 1 aromatic rings. The fourth-order valence-electron chi connectivity index (χ4n) is 3.19. The second-order valence-corrected chi connectivity index (χ2v) is 5.76. The maximum Gasteiger partial charge on any atom is 0.126 e. The van der Waals surface area contributed by atoms with Crippen molar-refractivity contribution >= 4 is 0 Å². The number of nitrogens with one attached hydrogen (secondary N) is 1. The van der Waals surface area contributed by atoms with E-state index in [9.17, 15) is 4.39 Å². The zero-order valence-corrected chi connectivity index (χ0v) is 12.0. The smallest absolute Gasteiger partial charge is 0.126 e. The lowest BCUT2D eigenvalue weighted by atomic mass is 9.78. The Bertz CT molecular complexity index is 409. The Balaban J connectivity index is 2.10. The van der Waals surface area contributed by atoms with Gasteiger partial charge in [-0.3, -0.25) is 0 Å². The van der Waals surface area contributed by atoms with E-state index >= 15 is 0 Å². The molecule has 0 radical (unpaired) electrons. The van der Waals surface area contributed by atoms with E-state index in [1.54, 1.807) is 6.07 Å². The van der Waals surface area contributed by atoms with E-state index < -0.39 is 0 Å². The lowest BCUT2D eigenvalue weighted by molar-refractivity contribution is 0.0481. The van der Waals surface area contributed by atoms with Gasteiger partial charge in [-0.05, 0) is 43.4 Å². The van der Waals surface area contributed by atoms with Gasteiger partial charge in [0.1, 0.15) is 17.7 Å². The molecular weight excluding hydrogens is 241 g/mol. The molecule has 4 unspecified atom stereocenters. The van der Waals surface area contributed by atoms with Gasteiger partial charge >= 0.3 is 0 Å². The molecule has 0 saturated heterocycles. The molecule has 1 aliphatic carbocycles. The highest BCUT2D eigenvalue weighted by Gasteiger charge is 2.35. The first-order valence-corrected chi connectivity index (χ1v) is 7.25. The first-order chi connectivity index (χ1) is 9.10. The third kappa shape index (κ3) is 3.69. The minimum absolute atomic E-state index is 0.123. The van der Waals surface area contributed by atoms with Crippen molar-refractivity contribution in [2.24, 2.45) is 11.8 Å². The summed E-state index contributed by atoms with van der Waals surface area (Å²) < 4.78 is 19.3. The number of halogens is 1. The van der Waals surface area contributed by atoms with Crippen molar-refractivity contribution in [3.05, 3.63) is 30.1 Å². The molecular formula is C16H24FNO. The van der Waals surface area contributed by atoms with Crippen molar-refractivity contribution in [1.29, 1.82) is 0 Å². The van der Waals surface area contributed by atoms with Crippen LogP contribution in [0.5, 0.6) is 5.75 Å². The van der Waals surface area contributed by atoms with Gasteiger partial charge < -0.3 is 10.1 Å². The number of likely N-dealkylation sites (N-methyl/N-ethyl adjacent to an activating group) is 1. The monoisotopic (exact) mass is 265 g/mol. The molecule has 0 amide bonds. The minimum Gasteiger partial charge on any atom is -0.488 e. The molecule has 0 aromatic heterocycles. The third-order valence-corrected chi connectivity index (χ3v) is 3.92. The lowest BCUT2D eigenvalue weighted by Gasteiger charge is -2.39. The average molecular weight is 265 g/mol. The predicted octanol–water partition coefficient (Wildman–Crippen LogP) is 3.62. The molecule has 1 saturated carbocycles. The molecule has 2 nitrogen and oxygen atoms in total. The zero-order valence-electron chi connectivity index (χ0n) is 12.0. The van der Waals surface area contributed by atoms with Gasteiger partial charge in [0.25, 0.3) is 0 Å². The van der Waals surface area contributed by atoms with Crippen LogP contribution in [0.4, 0.5) is 4.39 Å². The van der Waals surface area contributed by atoms with Crippen LogP contribution in [0.1, 0.15) is 33.6 Å². The Hall–Kier alpha value is -1.09. The molecule has 0 spiro atoms. The van der Waals surface area contributed by atoms with Gasteiger partial charge in [0.2, 0.25) is 0 Å². The Labute approximate surface area is 115 Å². The second kappa shape index (κ2) is 6.38. The molecule has 4 atom stereocenters. The fraction of sp³-hybridized carbons (Fsp3) is 0.625. The van der Waals surface area contributed by atoms with Gasteiger partial charge in [-0.1, -0.05) is 26.8 Å². The molecule has 3 heteroatoms. The van der Waals surface area contributed by atoms with E-state index in [2.05, 4.69) is 26.1 Å². The molecule has 1 aromatic carbocycles. The topological polar surface area (TPSA) is 21.3 Å². The van der Waals surface area contributed by atoms with Gasteiger partial charge in [-0.25, -0.2) is 4.39 Å². The van der Waals surface area contributed by atoms with Crippen LogP contribution < -0.4 is 10.1 Å². The summed E-state index contributed by atoms with van der Waals surface area (Å²) in [6.45, 7) is 7.57. The van der Waals surface area contributed by atoms with Crippen molar-refractivity contribution < 1.29 is 9.13 Å². The SMILES string of the molecule is CCNC1CC(C)CC(C)C1Oc1cccc(F)c1. The van der Waals surface area contributed by atoms with Crippen molar-refractivity contribution in [2.45, 2.75) is 45.8 Å². The normalized spacial score (nSPS) is 31.2. The van der Waals surface area contributed by atoms with Gasteiger partial charge in [-0.2, -0.15) is 0 Å². The summed E-state index contributed by atoms with van der Waals surface area (Å²) in [5.74, 6) is 1.59. The fourth-order valence-corrected chi connectivity index (χ4v) is 3.19. The van der Waals surface area contributed by atoms with Crippen LogP contribution in [0.25, 0.3) is 0 Å². The van der Waals surface area contributed by atoms with Gasteiger partial charge in [0.15, 0.2) is 0 Å². The van der Waals surface area contributed by atoms with Crippen molar-refractivity contribution in [2.75, 3.05) is 6.54 Å². The van der Waals surface area contributed by atoms with Crippen molar-refractivity contribution in [1.82, 2.24) is 5.32 Å². The largest absolute Gasteiger partial charge is 0.488 e. The number of hydrogen-bond donors (Lipinski definition) is 1. The molecule has 106 valence electrons. The lowest BCUT2D eigenvalue weighted by Crippen LogP contribution is -2.50. The molecule has 0 aliphatic heterocycles. The van der Waals surface area contributed by atoms with E-state index in [0.717, 1.165) is 13.0 Å². The van der Waals surface area contributed by atoms with Crippen LogP contribution in [-0.4, -0.2) is 18.7 Å². The molecule has 0 bridgehead atoms. The van der Waals surface area contributed by atoms with Gasteiger partial charge in [-0.15, -0.1) is 0 Å². The highest BCUT2D eigenvalue weighted by atomic mass is 19.1. The summed E-state index contributed by atoms with van der Waals surface area (Å²) in [6.07, 6.45) is 2.41. The third-order valence-electron chi connectivity index (χ3n) is 3.92. The van der Waals surface area contributed by atoms with E-state index in [1.807, 2.05) is 6.07 Å². The van der Waals surface area contributed by atoms with E-state index in [1.165, 1.54) is 18.6 Å². The highest BCUT2D eigenvalue weighted by Crippen LogP contribution is 2.32. The number of ether oxygens (including phenoxy) is 1. The highest BCUT2D eigenvalue weighted by molar-refractivity contribution is 5.23. The first kappa shape index (κ1) is 14.3. The Morgan fingerprint density at radius 2 is 2.11 bits per heavy atom.